The van der Waals surface area contributed by atoms with E-state index in [0.29, 0.717) is 25.2 Å². The number of morpholine rings is 1. The maximum absolute atomic E-state index is 12.0. The van der Waals surface area contributed by atoms with Crippen molar-refractivity contribution in [2.75, 3.05) is 33.0 Å². The van der Waals surface area contributed by atoms with Gasteiger partial charge in [-0.05, 0) is 53.3 Å². The highest BCUT2D eigenvalue weighted by Crippen LogP contribution is 2.49. The van der Waals surface area contributed by atoms with Crippen molar-refractivity contribution >= 4 is 23.4 Å². The average molecular weight is 388 g/mol. The first-order chi connectivity index (χ1) is 11.5. The maximum Gasteiger partial charge on any atom is 0.188 e. The number of hydrogen-bond acceptors (Lipinski definition) is 5. The van der Waals surface area contributed by atoms with Crippen LogP contribution in [0.4, 0.5) is 0 Å². The van der Waals surface area contributed by atoms with Crippen LogP contribution >= 0.6 is 15.6 Å². The molecule has 0 aliphatic carbocycles. The number of hydrogen-bond donors (Lipinski definition) is 0. The van der Waals surface area contributed by atoms with E-state index in [1.165, 1.54) is 0 Å². The van der Waals surface area contributed by atoms with Crippen LogP contribution in [0.2, 0.25) is 0 Å². The van der Waals surface area contributed by atoms with Crippen LogP contribution in [-0.4, -0.2) is 74.4 Å². The lowest BCUT2D eigenvalue weighted by atomic mass is 9.98. The molecule has 1 aliphatic rings. The van der Waals surface area contributed by atoms with Gasteiger partial charge in [0.05, 0.1) is 12.7 Å². The van der Waals surface area contributed by atoms with Gasteiger partial charge < -0.3 is 13.8 Å². The molecule has 144 valence electrons. The Morgan fingerprint density at radius 1 is 1.32 bits per heavy atom. The predicted molar refractivity (Wildman–Crippen MR) is 110 cm³/mol. The van der Waals surface area contributed by atoms with Crippen molar-refractivity contribution in [2.45, 2.75) is 65.2 Å². The summed E-state index contributed by atoms with van der Waals surface area (Å²) in [7, 11) is 3.01. The van der Waals surface area contributed by atoms with Crippen molar-refractivity contribution in [3.8, 4) is 0 Å². The highest BCUT2D eigenvalue weighted by atomic mass is 31.2. The van der Waals surface area contributed by atoms with Gasteiger partial charge >= 0.3 is 0 Å². The lowest BCUT2D eigenvalue weighted by molar-refractivity contribution is -0.00344. The molecular weight excluding hydrogens is 353 g/mol. The Labute approximate surface area is 157 Å². The summed E-state index contributed by atoms with van der Waals surface area (Å²) in [6, 6.07) is 0.387. The molecule has 0 aromatic heterocycles. The molecule has 2 radical (unpaired) electrons. The molecule has 0 aromatic rings. The molecule has 0 saturated carbocycles. The number of rotatable bonds is 9. The van der Waals surface area contributed by atoms with Gasteiger partial charge in [0.2, 0.25) is 0 Å². The second-order valence-electron chi connectivity index (χ2n) is 7.51. The Kier molecular flexibility index (Phi) is 9.89. The average Bonchev–Trinajstić information content (AvgIpc) is 2.47. The van der Waals surface area contributed by atoms with Gasteiger partial charge in [0.15, 0.2) is 8.45 Å². The van der Waals surface area contributed by atoms with Crippen molar-refractivity contribution < 1.29 is 13.8 Å². The van der Waals surface area contributed by atoms with E-state index in [9.17, 15) is 4.57 Å². The molecule has 0 spiro atoms. The van der Waals surface area contributed by atoms with Crippen molar-refractivity contribution in [2.24, 2.45) is 0 Å². The normalized spacial score (nSPS) is 24.7. The molecule has 1 saturated heterocycles. The third-order valence-electron chi connectivity index (χ3n) is 3.70. The van der Waals surface area contributed by atoms with Gasteiger partial charge in [-0.1, -0.05) is 13.0 Å². The first-order valence-corrected chi connectivity index (χ1v) is 13.0. The van der Waals surface area contributed by atoms with Gasteiger partial charge in [-0.25, -0.2) is 9.34 Å². The summed E-state index contributed by atoms with van der Waals surface area (Å²) in [5.41, 5.74) is 0. The summed E-state index contributed by atoms with van der Waals surface area (Å²) in [5, 5.41) is 0. The van der Waals surface area contributed by atoms with Crippen molar-refractivity contribution in [1.82, 2.24) is 9.34 Å². The van der Waals surface area contributed by atoms with Crippen molar-refractivity contribution in [1.29, 1.82) is 0 Å². The van der Waals surface area contributed by atoms with Crippen LogP contribution in [0.15, 0.2) is 11.9 Å². The SMILES string of the molecule is [B]C1CN(P(OCCC)N(C(C)C)C(C)C)CC(/C=C/P(C)(C)=O)O1. The molecule has 1 fully saturated rings. The molecule has 0 bridgehead atoms. The molecule has 1 aliphatic heterocycles. The van der Waals surface area contributed by atoms with Crippen molar-refractivity contribution in [3.63, 3.8) is 0 Å². The summed E-state index contributed by atoms with van der Waals surface area (Å²) in [5.74, 6) is 1.77. The smallest absolute Gasteiger partial charge is 0.188 e. The Hall–Kier alpha value is 0.305. The molecular formula is C17H35BN2O3P2. The minimum Gasteiger partial charge on any atom is -0.378 e. The fourth-order valence-corrected chi connectivity index (χ4v) is 5.74. The summed E-state index contributed by atoms with van der Waals surface area (Å²) >= 11 is 0. The molecule has 1 rings (SSSR count). The van der Waals surface area contributed by atoms with Gasteiger partial charge in [-0.3, -0.25) is 0 Å². The van der Waals surface area contributed by atoms with Crippen LogP contribution in [0, 0.1) is 0 Å². The zero-order valence-electron chi connectivity index (χ0n) is 16.9. The molecule has 5 nitrogen and oxygen atoms in total. The molecule has 25 heavy (non-hydrogen) atoms. The molecule has 0 N–H and O–H groups in total. The molecule has 3 atom stereocenters. The van der Waals surface area contributed by atoms with Crippen molar-refractivity contribution in [3.05, 3.63) is 11.9 Å². The number of nitrogens with zero attached hydrogens (tertiary/aromatic N) is 2. The fourth-order valence-electron chi connectivity index (χ4n) is 2.81. The van der Waals surface area contributed by atoms with Crippen LogP contribution < -0.4 is 0 Å². The van der Waals surface area contributed by atoms with Gasteiger partial charge in [0.25, 0.3) is 0 Å². The van der Waals surface area contributed by atoms with E-state index in [1.54, 1.807) is 19.1 Å². The van der Waals surface area contributed by atoms with Crippen LogP contribution in [-0.2, 0) is 13.8 Å². The lowest BCUT2D eigenvalue weighted by Gasteiger charge is -2.46. The van der Waals surface area contributed by atoms with E-state index in [1.807, 2.05) is 6.08 Å². The van der Waals surface area contributed by atoms with Crippen LogP contribution in [0.5, 0.6) is 0 Å². The Balaban J connectivity index is 2.98. The lowest BCUT2D eigenvalue weighted by Crippen LogP contribution is -2.48. The van der Waals surface area contributed by atoms with Gasteiger partial charge in [-0.15, -0.1) is 0 Å². The largest absolute Gasteiger partial charge is 0.378 e. The topological polar surface area (TPSA) is 42.0 Å². The third-order valence-corrected chi connectivity index (χ3v) is 7.13. The Morgan fingerprint density at radius 2 is 1.92 bits per heavy atom. The Bertz CT molecular complexity index is 463. The van der Waals surface area contributed by atoms with Gasteiger partial charge in [0.1, 0.15) is 15.0 Å². The molecule has 0 amide bonds. The quantitative estimate of drug-likeness (QED) is 0.440. The first-order valence-electron chi connectivity index (χ1n) is 9.16. The summed E-state index contributed by atoms with van der Waals surface area (Å²) in [6.07, 6.45) is 2.72. The standard InChI is InChI=1S/C17H35BN2O3P2/c1-8-10-22-24(20(14(2)3)15(4)5)19-12-16(23-17(18)13-19)9-11-25(6,7)21/h9,11,14-17H,8,10,12-13H2,1-7H3/b11-9+. The summed E-state index contributed by atoms with van der Waals surface area (Å²) in [4.78, 5) is 0. The first kappa shape index (κ1) is 23.3. The van der Waals surface area contributed by atoms with E-state index >= 15 is 0 Å². The summed E-state index contributed by atoms with van der Waals surface area (Å²) < 4.78 is 28.8. The minimum absolute atomic E-state index is 0.159. The predicted octanol–water partition coefficient (Wildman–Crippen LogP) is 4.09. The van der Waals surface area contributed by atoms with Crippen LogP contribution in [0.3, 0.4) is 0 Å². The van der Waals surface area contributed by atoms with E-state index < -0.39 is 15.6 Å². The van der Waals surface area contributed by atoms with Crippen LogP contribution in [0.25, 0.3) is 0 Å². The molecule has 0 aromatic carbocycles. The highest BCUT2D eigenvalue weighted by Gasteiger charge is 2.35. The zero-order chi connectivity index (χ0) is 19.2. The summed E-state index contributed by atoms with van der Waals surface area (Å²) in [6.45, 7) is 16.5. The molecule has 1 heterocycles. The zero-order valence-corrected chi connectivity index (χ0v) is 18.7. The van der Waals surface area contributed by atoms with E-state index in [-0.39, 0.29) is 12.1 Å². The number of ether oxygens (including phenoxy) is 1. The minimum atomic E-state index is -2.22. The van der Waals surface area contributed by atoms with Gasteiger partial charge in [-0.2, -0.15) is 0 Å². The third kappa shape index (κ3) is 8.24. The second kappa shape index (κ2) is 10.6. The van der Waals surface area contributed by atoms with E-state index in [2.05, 4.69) is 44.0 Å². The second-order valence-corrected chi connectivity index (χ2v) is 12.5. The Morgan fingerprint density at radius 3 is 2.40 bits per heavy atom. The fraction of sp³-hybridized carbons (Fsp3) is 0.882. The highest BCUT2D eigenvalue weighted by molar-refractivity contribution is 7.65. The van der Waals surface area contributed by atoms with E-state index in [0.717, 1.165) is 13.0 Å². The molecule has 8 heteroatoms. The monoisotopic (exact) mass is 388 g/mol. The van der Waals surface area contributed by atoms with E-state index in [4.69, 9.17) is 17.1 Å². The maximum atomic E-state index is 12.0. The molecule has 3 unspecified atom stereocenters. The van der Waals surface area contributed by atoms with Gasteiger partial charge in [0, 0.05) is 31.2 Å². The van der Waals surface area contributed by atoms with Crippen LogP contribution in [0.1, 0.15) is 41.0 Å².